The largest absolute Gasteiger partial charge is 0.471 e. The molecule has 0 aliphatic carbocycles. The maximum absolute atomic E-state index is 11.9. The smallest absolute Gasteiger partial charge is 0.344 e. The van der Waals surface area contributed by atoms with Gasteiger partial charge in [0, 0.05) is 13.1 Å². The van der Waals surface area contributed by atoms with Crippen LogP contribution in [0.4, 0.5) is 4.79 Å². The van der Waals surface area contributed by atoms with Gasteiger partial charge in [-0.1, -0.05) is 44.2 Å². The number of carbonyl (C=O) groups excluding carboxylic acids is 2. The molecule has 2 aliphatic rings. The molecule has 6 nitrogen and oxygen atoms in total. The lowest BCUT2D eigenvalue weighted by molar-refractivity contribution is -0.140. The molecule has 1 atom stereocenters. The van der Waals surface area contributed by atoms with Gasteiger partial charge in [0.15, 0.2) is 0 Å². The molecular formula is C17H26N2O4. The number of hydrogen-bond donors (Lipinski definition) is 0. The first-order chi connectivity index (χ1) is 11.3. The number of urea groups is 1. The average Bonchev–Trinajstić information content (AvgIpc) is 2.84. The van der Waals surface area contributed by atoms with Crippen molar-refractivity contribution in [1.29, 1.82) is 0 Å². The lowest BCUT2D eigenvalue weighted by Gasteiger charge is -2.22. The third kappa shape index (κ3) is 5.56. The quantitative estimate of drug-likeness (QED) is 0.800. The van der Waals surface area contributed by atoms with Crippen molar-refractivity contribution in [2.75, 3.05) is 20.2 Å². The van der Waals surface area contributed by atoms with Crippen LogP contribution in [0.2, 0.25) is 0 Å². The fraction of sp³-hybridized carbons (Fsp3) is 0.529. The summed E-state index contributed by atoms with van der Waals surface area (Å²) in [7, 11) is 1.31. The molecule has 0 aromatic heterocycles. The number of carbonyl (C=O) groups is 2. The SMILES string of the molecule is CC.COC=O.O=C1N2CCCC(C2)N1OCc1ccccc1. The van der Waals surface area contributed by atoms with Gasteiger partial charge in [-0.25, -0.2) is 4.79 Å². The lowest BCUT2D eigenvalue weighted by atomic mass is 10.1. The number of ether oxygens (including phenoxy) is 1. The molecule has 0 N–H and O–H groups in total. The summed E-state index contributed by atoms with van der Waals surface area (Å²) in [6.45, 7) is 6.55. The minimum Gasteiger partial charge on any atom is -0.471 e. The standard InChI is InChI=1S/C13H16N2O2.C2H4O2.C2H6/c16-13-14-8-4-7-12(9-14)15(13)17-10-11-5-2-1-3-6-11;1-4-2-3;1-2/h1-3,5-6,12H,4,7-10H2;2H,1H3;1-2H3. The Balaban J connectivity index is 0.000000388. The summed E-state index contributed by atoms with van der Waals surface area (Å²) in [4.78, 5) is 28.4. The van der Waals surface area contributed by atoms with Crippen LogP contribution in [0.25, 0.3) is 0 Å². The van der Waals surface area contributed by atoms with Crippen LogP contribution in [0.5, 0.6) is 0 Å². The van der Waals surface area contributed by atoms with Crippen molar-refractivity contribution in [2.45, 2.75) is 39.3 Å². The molecule has 0 spiro atoms. The van der Waals surface area contributed by atoms with E-state index >= 15 is 0 Å². The van der Waals surface area contributed by atoms with Crippen molar-refractivity contribution >= 4 is 12.5 Å². The molecule has 1 aromatic carbocycles. The van der Waals surface area contributed by atoms with Gasteiger partial charge in [-0.3, -0.25) is 9.63 Å². The van der Waals surface area contributed by atoms with E-state index in [1.54, 1.807) is 5.06 Å². The van der Waals surface area contributed by atoms with E-state index in [-0.39, 0.29) is 12.1 Å². The van der Waals surface area contributed by atoms with Crippen LogP contribution in [-0.4, -0.2) is 48.7 Å². The summed E-state index contributed by atoms with van der Waals surface area (Å²) in [5.74, 6) is 0. The first-order valence-electron chi connectivity index (χ1n) is 7.97. The minimum atomic E-state index is 0.0310. The lowest BCUT2D eigenvalue weighted by Crippen LogP contribution is -2.33. The van der Waals surface area contributed by atoms with E-state index in [4.69, 9.17) is 9.63 Å². The maximum Gasteiger partial charge on any atom is 0.344 e. The molecular weight excluding hydrogens is 296 g/mol. The Bertz CT molecular complexity index is 467. The Labute approximate surface area is 137 Å². The first-order valence-corrected chi connectivity index (χ1v) is 7.97. The molecule has 128 valence electrons. The van der Waals surface area contributed by atoms with Crippen molar-refractivity contribution < 1.29 is 19.2 Å². The van der Waals surface area contributed by atoms with Gasteiger partial charge in [0.1, 0.15) is 6.61 Å². The molecule has 23 heavy (non-hydrogen) atoms. The predicted octanol–water partition coefficient (Wildman–Crippen LogP) is 2.83. The Hall–Kier alpha value is -2.08. The van der Waals surface area contributed by atoms with Crippen LogP contribution < -0.4 is 0 Å². The fourth-order valence-electron chi connectivity index (χ4n) is 2.49. The first kappa shape index (κ1) is 19.0. The van der Waals surface area contributed by atoms with Crippen LogP contribution in [0.3, 0.4) is 0 Å². The second-order valence-corrected chi connectivity index (χ2v) is 4.94. The molecule has 2 aliphatic heterocycles. The Kier molecular flexibility index (Phi) is 8.75. The summed E-state index contributed by atoms with van der Waals surface area (Å²) in [6, 6.07) is 10.2. The third-order valence-corrected chi connectivity index (χ3v) is 3.50. The maximum atomic E-state index is 11.9. The van der Waals surface area contributed by atoms with Gasteiger partial charge in [-0.2, -0.15) is 5.06 Å². The highest BCUT2D eigenvalue weighted by molar-refractivity contribution is 5.76. The Morgan fingerprint density at radius 2 is 1.91 bits per heavy atom. The molecule has 2 heterocycles. The molecule has 2 saturated heterocycles. The summed E-state index contributed by atoms with van der Waals surface area (Å²) in [5.41, 5.74) is 1.09. The number of hydroxylamine groups is 2. The molecule has 6 heteroatoms. The molecule has 1 aromatic rings. The van der Waals surface area contributed by atoms with E-state index < -0.39 is 0 Å². The second kappa shape index (κ2) is 10.6. The summed E-state index contributed by atoms with van der Waals surface area (Å²) in [6.07, 6.45) is 2.14. The van der Waals surface area contributed by atoms with Gasteiger partial charge in [-0.05, 0) is 18.4 Å². The fourth-order valence-corrected chi connectivity index (χ4v) is 2.49. The number of hydrogen-bond acceptors (Lipinski definition) is 4. The van der Waals surface area contributed by atoms with E-state index in [9.17, 15) is 4.79 Å². The van der Waals surface area contributed by atoms with Gasteiger partial charge < -0.3 is 9.64 Å². The Morgan fingerprint density at radius 1 is 1.26 bits per heavy atom. The number of rotatable bonds is 4. The number of benzene rings is 1. The number of amides is 2. The summed E-state index contributed by atoms with van der Waals surface area (Å²) in [5, 5.41) is 1.57. The Morgan fingerprint density at radius 3 is 2.48 bits per heavy atom. The number of nitrogens with zero attached hydrogens (tertiary/aromatic N) is 2. The summed E-state index contributed by atoms with van der Waals surface area (Å²) < 4.78 is 3.86. The van der Waals surface area contributed by atoms with Gasteiger partial charge >= 0.3 is 6.03 Å². The van der Waals surface area contributed by atoms with Crippen LogP contribution in [0.15, 0.2) is 30.3 Å². The van der Waals surface area contributed by atoms with E-state index in [1.807, 2.05) is 49.1 Å². The highest BCUT2D eigenvalue weighted by Crippen LogP contribution is 2.25. The third-order valence-electron chi connectivity index (χ3n) is 3.50. The molecule has 3 rings (SSSR count). The molecule has 0 radical (unpaired) electrons. The van der Waals surface area contributed by atoms with Crippen molar-refractivity contribution in [3.05, 3.63) is 35.9 Å². The van der Waals surface area contributed by atoms with Crippen LogP contribution in [0.1, 0.15) is 32.3 Å². The number of piperidine rings is 1. The summed E-state index contributed by atoms with van der Waals surface area (Å²) >= 11 is 0. The van der Waals surface area contributed by atoms with Crippen LogP contribution in [0, 0.1) is 0 Å². The van der Waals surface area contributed by atoms with Gasteiger partial charge in [0.25, 0.3) is 6.47 Å². The van der Waals surface area contributed by atoms with Gasteiger partial charge in [-0.15, -0.1) is 0 Å². The molecule has 1 unspecified atom stereocenters. The topological polar surface area (TPSA) is 59.1 Å². The normalized spacial score (nSPS) is 18.4. The zero-order valence-electron chi connectivity index (χ0n) is 14.1. The van der Waals surface area contributed by atoms with E-state index in [0.29, 0.717) is 13.1 Å². The van der Waals surface area contributed by atoms with Crippen molar-refractivity contribution in [1.82, 2.24) is 9.96 Å². The number of fused-ring (bicyclic) bond motifs is 2. The van der Waals surface area contributed by atoms with Crippen LogP contribution >= 0.6 is 0 Å². The highest BCUT2D eigenvalue weighted by Gasteiger charge is 2.40. The molecule has 0 saturated carbocycles. The molecule has 2 bridgehead atoms. The van der Waals surface area contributed by atoms with Crippen molar-refractivity contribution in [3.8, 4) is 0 Å². The minimum absolute atomic E-state index is 0.0310. The highest BCUT2D eigenvalue weighted by atomic mass is 16.7. The van der Waals surface area contributed by atoms with Gasteiger partial charge in [0.2, 0.25) is 0 Å². The average molecular weight is 322 g/mol. The van der Waals surface area contributed by atoms with E-state index in [0.717, 1.165) is 31.5 Å². The zero-order valence-corrected chi connectivity index (χ0v) is 14.1. The van der Waals surface area contributed by atoms with Crippen LogP contribution in [-0.2, 0) is 21.0 Å². The predicted molar refractivity (Wildman–Crippen MR) is 87.5 cm³/mol. The van der Waals surface area contributed by atoms with E-state index in [2.05, 4.69) is 4.74 Å². The van der Waals surface area contributed by atoms with E-state index in [1.165, 1.54) is 7.11 Å². The zero-order chi connectivity index (χ0) is 17.1. The molecule has 2 fully saturated rings. The number of methoxy groups -OCH3 is 1. The second-order valence-electron chi connectivity index (χ2n) is 4.94. The monoisotopic (exact) mass is 322 g/mol. The van der Waals surface area contributed by atoms with Gasteiger partial charge in [0.05, 0.1) is 13.2 Å². The molecule has 2 amide bonds. The van der Waals surface area contributed by atoms with Crippen molar-refractivity contribution in [2.24, 2.45) is 0 Å². The van der Waals surface area contributed by atoms with Crippen molar-refractivity contribution in [3.63, 3.8) is 0 Å².